The number of carbonyl (C=O) groups excluding carboxylic acids is 1. The van der Waals surface area contributed by atoms with Gasteiger partial charge < -0.3 is 10.8 Å². The number of Topliss-reactive ketones (excluding diaryl/α,β-unsaturated/α-hetero) is 1. The van der Waals surface area contributed by atoms with Crippen LogP contribution in [0.3, 0.4) is 0 Å². The Hall–Kier alpha value is -1.82. The lowest BCUT2D eigenvalue weighted by atomic mass is 9.97. The van der Waals surface area contributed by atoms with Gasteiger partial charge in [0.1, 0.15) is 0 Å². The second kappa shape index (κ2) is 5.28. The predicted octanol–water partition coefficient (Wildman–Crippen LogP) is 2.35. The zero-order valence-electron chi connectivity index (χ0n) is 10.6. The highest BCUT2D eigenvalue weighted by Crippen LogP contribution is 2.37. The van der Waals surface area contributed by atoms with Gasteiger partial charge in [0.15, 0.2) is 5.78 Å². The second-order valence-corrected chi connectivity index (χ2v) is 4.73. The number of aliphatic hydroxyl groups excluding tert-OH is 1. The number of aliphatic hydroxyl groups is 1. The minimum absolute atomic E-state index is 0.135. The Labute approximate surface area is 113 Å². The SMILES string of the molecule is NC(=C(CO)C(=O)C1CC1)c1ccccc1C(F)(F)F. The fraction of sp³-hybridized carbons (Fsp3) is 0.357. The summed E-state index contributed by atoms with van der Waals surface area (Å²) in [5.74, 6) is -0.573. The molecule has 0 aromatic heterocycles. The molecule has 108 valence electrons. The molecule has 0 spiro atoms. The summed E-state index contributed by atoms with van der Waals surface area (Å²) >= 11 is 0. The van der Waals surface area contributed by atoms with Crippen molar-refractivity contribution in [1.82, 2.24) is 0 Å². The molecular weight excluding hydrogens is 271 g/mol. The molecule has 1 aromatic rings. The summed E-state index contributed by atoms with van der Waals surface area (Å²) in [6.45, 7) is -0.659. The maximum Gasteiger partial charge on any atom is 0.417 e. The van der Waals surface area contributed by atoms with E-state index in [0.717, 1.165) is 6.07 Å². The van der Waals surface area contributed by atoms with Crippen LogP contribution in [-0.4, -0.2) is 17.5 Å². The van der Waals surface area contributed by atoms with Gasteiger partial charge in [-0.25, -0.2) is 0 Å². The van der Waals surface area contributed by atoms with Gasteiger partial charge in [-0.1, -0.05) is 18.2 Å². The minimum Gasteiger partial charge on any atom is -0.398 e. The fourth-order valence-electron chi connectivity index (χ4n) is 2.02. The first-order valence-corrected chi connectivity index (χ1v) is 6.16. The van der Waals surface area contributed by atoms with E-state index in [0.29, 0.717) is 12.8 Å². The quantitative estimate of drug-likeness (QED) is 0.835. The van der Waals surface area contributed by atoms with Gasteiger partial charge in [-0.15, -0.1) is 0 Å². The van der Waals surface area contributed by atoms with E-state index in [4.69, 9.17) is 5.73 Å². The molecule has 3 N–H and O–H groups in total. The molecular formula is C14H14F3NO2. The summed E-state index contributed by atoms with van der Waals surface area (Å²) < 4.78 is 38.8. The highest BCUT2D eigenvalue weighted by molar-refractivity contribution is 6.05. The standard InChI is InChI=1S/C14H14F3NO2/c15-14(16,17)11-4-2-1-3-9(11)12(18)10(7-19)13(20)8-5-6-8/h1-4,8,19H,5-7,18H2. The van der Waals surface area contributed by atoms with Crippen molar-refractivity contribution in [3.8, 4) is 0 Å². The molecule has 1 aliphatic carbocycles. The van der Waals surface area contributed by atoms with Crippen molar-refractivity contribution in [3.63, 3.8) is 0 Å². The zero-order valence-corrected chi connectivity index (χ0v) is 10.6. The summed E-state index contributed by atoms with van der Waals surface area (Å²) in [7, 11) is 0. The lowest BCUT2D eigenvalue weighted by Crippen LogP contribution is -2.18. The van der Waals surface area contributed by atoms with Gasteiger partial charge in [0.05, 0.1) is 12.2 Å². The van der Waals surface area contributed by atoms with Crippen molar-refractivity contribution < 1.29 is 23.1 Å². The molecule has 1 aliphatic rings. The van der Waals surface area contributed by atoms with E-state index < -0.39 is 18.3 Å². The van der Waals surface area contributed by atoms with Crippen LogP contribution in [-0.2, 0) is 11.0 Å². The molecule has 0 bridgehead atoms. The van der Waals surface area contributed by atoms with Gasteiger partial charge in [0.25, 0.3) is 0 Å². The highest BCUT2D eigenvalue weighted by Gasteiger charge is 2.36. The zero-order chi connectivity index (χ0) is 14.9. The van der Waals surface area contributed by atoms with Crippen LogP contribution in [0, 0.1) is 5.92 Å². The van der Waals surface area contributed by atoms with Gasteiger partial charge >= 0.3 is 6.18 Å². The molecule has 0 saturated heterocycles. The van der Waals surface area contributed by atoms with Crippen LogP contribution in [0.25, 0.3) is 5.70 Å². The second-order valence-electron chi connectivity index (χ2n) is 4.73. The van der Waals surface area contributed by atoms with E-state index in [1.807, 2.05) is 0 Å². The molecule has 0 unspecified atom stereocenters. The van der Waals surface area contributed by atoms with E-state index in [2.05, 4.69) is 0 Å². The Morgan fingerprint density at radius 1 is 1.30 bits per heavy atom. The van der Waals surface area contributed by atoms with Crippen molar-refractivity contribution in [2.24, 2.45) is 11.7 Å². The van der Waals surface area contributed by atoms with E-state index >= 15 is 0 Å². The summed E-state index contributed by atoms with van der Waals surface area (Å²) in [5.41, 5.74) is 4.11. The molecule has 1 fully saturated rings. The predicted molar refractivity (Wildman–Crippen MR) is 67.4 cm³/mol. The van der Waals surface area contributed by atoms with E-state index in [1.165, 1.54) is 18.2 Å². The van der Waals surface area contributed by atoms with Crippen molar-refractivity contribution in [3.05, 3.63) is 41.0 Å². The number of hydrogen-bond donors (Lipinski definition) is 2. The third kappa shape index (κ3) is 2.85. The number of rotatable bonds is 4. The Bertz CT molecular complexity index is 560. The molecule has 1 saturated carbocycles. The van der Waals surface area contributed by atoms with E-state index in [9.17, 15) is 23.1 Å². The van der Waals surface area contributed by atoms with Gasteiger partial charge in [0, 0.05) is 22.8 Å². The molecule has 0 radical (unpaired) electrons. The average Bonchev–Trinajstić information content (AvgIpc) is 3.22. The maximum absolute atomic E-state index is 12.9. The first kappa shape index (κ1) is 14.6. The highest BCUT2D eigenvalue weighted by atomic mass is 19.4. The van der Waals surface area contributed by atoms with Crippen molar-refractivity contribution >= 4 is 11.5 Å². The first-order chi connectivity index (χ1) is 9.36. The monoisotopic (exact) mass is 285 g/mol. The summed E-state index contributed by atoms with van der Waals surface area (Å²) in [4.78, 5) is 11.9. The Morgan fingerprint density at radius 2 is 1.90 bits per heavy atom. The van der Waals surface area contributed by atoms with Gasteiger partial charge in [0.2, 0.25) is 0 Å². The molecule has 0 atom stereocenters. The summed E-state index contributed by atoms with van der Waals surface area (Å²) in [5, 5.41) is 9.26. The van der Waals surface area contributed by atoms with Crippen LogP contribution in [0.15, 0.2) is 29.8 Å². The third-order valence-electron chi connectivity index (χ3n) is 3.25. The molecule has 0 amide bonds. The van der Waals surface area contributed by atoms with Crippen molar-refractivity contribution in [1.29, 1.82) is 0 Å². The topological polar surface area (TPSA) is 63.3 Å². The summed E-state index contributed by atoms with van der Waals surface area (Å²) in [6, 6.07) is 4.77. The molecule has 20 heavy (non-hydrogen) atoms. The number of ketones is 1. The minimum atomic E-state index is -4.57. The molecule has 3 nitrogen and oxygen atoms in total. The number of carbonyl (C=O) groups is 1. The van der Waals surface area contributed by atoms with Crippen LogP contribution >= 0.6 is 0 Å². The molecule has 6 heteroatoms. The third-order valence-corrected chi connectivity index (χ3v) is 3.25. The smallest absolute Gasteiger partial charge is 0.398 e. The number of alkyl halides is 3. The van der Waals surface area contributed by atoms with Gasteiger partial charge in [-0.3, -0.25) is 4.79 Å². The Balaban J connectivity index is 2.51. The number of nitrogens with two attached hydrogens (primary N) is 1. The number of hydrogen-bond acceptors (Lipinski definition) is 3. The van der Waals surface area contributed by atoms with Crippen molar-refractivity contribution in [2.45, 2.75) is 19.0 Å². The normalized spacial score (nSPS) is 16.8. The largest absolute Gasteiger partial charge is 0.417 e. The fourth-order valence-corrected chi connectivity index (χ4v) is 2.02. The maximum atomic E-state index is 12.9. The Kier molecular flexibility index (Phi) is 3.85. The summed E-state index contributed by atoms with van der Waals surface area (Å²) in [6.07, 6.45) is -3.18. The van der Waals surface area contributed by atoms with Crippen LogP contribution < -0.4 is 5.73 Å². The van der Waals surface area contributed by atoms with Gasteiger partial charge in [-0.05, 0) is 18.9 Å². The van der Waals surface area contributed by atoms with Crippen LogP contribution in [0.1, 0.15) is 24.0 Å². The molecule has 2 rings (SSSR count). The molecule has 1 aromatic carbocycles. The first-order valence-electron chi connectivity index (χ1n) is 6.16. The van der Waals surface area contributed by atoms with Crippen LogP contribution in [0.5, 0.6) is 0 Å². The lowest BCUT2D eigenvalue weighted by molar-refractivity contribution is -0.137. The van der Waals surface area contributed by atoms with E-state index in [-0.39, 0.29) is 28.5 Å². The molecule has 0 heterocycles. The molecule has 0 aliphatic heterocycles. The van der Waals surface area contributed by atoms with Crippen LogP contribution in [0.4, 0.5) is 13.2 Å². The number of benzene rings is 1. The van der Waals surface area contributed by atoms with E-state index in [1.54, 1.807) is 0 Å². The van der Waals surface area contributed by atoms with Crippen molar-refractivity contribution in [2.75, 3.05) is 6.61 Å². The Morgan fingerprint density at radius 3 is 2.40 bits per heavy atom. The lowest BCUT2D eigenvalue weighted by Gasteiger charge is -2.15. The average molecular weight is 285 g/mol. The van der Waals surface area contributed by atoms with Crippen LogP contribution in [0.2, 0.25) is 0 Å². The van der Waals surface area contributed by atoms with Gasteiger partial charge in [-0.2, -0.15) is 13.2 Å². The number of halogens is 3.